The number of nitrogens with one attached hydrogen (secondary N) is 4. The summed E-state index contributed by atoms with van der Waals surface area (Å²) in [5.41, 5.74) is 3.73. The fourth-order valence-corrected chi connectivity index (χ4v) is 6.57. The minimum Gasteiger partial charge on any atom is -0.378 e. The SMILES string of the molecule is CC[C@H](C(=O)Nc1ccnc2c(-c3nc(Nc4cccc(S(C)(=O)=O)c4F)ncc3C)c[nH]c12)N1CC2COCC(C1)N2. The molecule has 4 aromatic rings. The van der Waals surface area contributed by atoms with E-state index in [0.717, 1.165) is 24.9 Å². The van der Waals surface area contributed by atoms with Crippen LogP contribution < -0.4 is 16.0 Å². The van der Waals surface area contributed by atoms with E-state index >= 15 is 0 Å². The summed E-state index contributed by atoms with van der Waals surface area (Å²) in [7, 11) is -3.76. The van der Waals surface area contributed by atoms with Gasteiger partial charge in [-0.2, -0.15) is 0 Å². The van der Waals surface area contributed by atoms with Crippen LogP contribution in [0.25, 0.3) is 22.3 Å². The molecule has 2 aliphatic heterocycles. The number of morpholine rings is 1. The van der Waals surface area contributed by atoms with Gasteiger partial charge >= 0.3 is 0 Å². The number of H-pyrrole nitrogens is 1. The Kier molecular flexibility index (Phi) is 7.85. The molecule has 0 spiro atoms. The number of carbonyl (C=O) groups excluding carboxylic acids is 1. The highest BCUT2D eigenvalue weighted by Gasteiger charge is 2.36. The standard InChI is InChI=1S/C29H33FN8O4S/c1-4-22(38-12-17-14-42-15-18(13-38)34-17)28(39)35-21-8-9-31-26-19(11-32-27(21)26)25-16(2)10-33-29(37-25)36-20-6-5-7-23(24(20)30)43(3,40)41/h5-11,17-18,22,32,34H,4,12-15H2,1-3H3,(H,31,35,39)(H,33,36,37)/t17?,18?,22-/m1/s1. The fourth-order valence-electron chi connectivity index (χ4n) is 5.81. The Hall–Kier alpha value is -3.98. The molecule has 0 aliphatic carbocycles. The lowest BCUT2D eigenvalue weighted by atomic mass is 10.0. The number of sulfone groups is 1. The van der Waals surface area contributed by atoms with Crippen LogP contribution in [0.5, 0.6) is 0 Å². The Morgan fingerprint density at radius 1 is 1.19 bits per heavy atom. The van der Waals surface area contributed by atoms with Gasteiger partial charge in [-0.05, 0) is 37.1 Å². The predicted molar refractivity (Wildman–Crippen MR) is 160 cm³/mol. The number of pyridine rings is 1. The van der Waals surface area contributed by atoms with Crippen molar-refractivity contribution < 1.29 is 22.3 Å². The third-order valence-corrected chi connectivity index (χ3v) is 8.92. The Morgan fingerprint density at radius 2 is 1.95 bits per heavy atom. The molecule has 0 radical (unpaired) electrons. The highest BCUT2D eigenvalue weighted by Crippen LogP contribution is 2.33. The van der Waals surface area contributed by atoms with Crippen molar-refractivity contribution in [3.8, 4) is 11.3 Å². The maximum Gasteiger partial charge on any atom is 0.241 e. The van der Waals surface area contributed by atoms with Crippen molar-refractivity contribution in [1.82, 2.24) is 30.2 Å². The molecule has 0 saturated carbocycles. The molecule has 4 N–H and O–H groups in total. The van der Waals surface area contributed by atoms with E-state index in [0.29, 0.717) is 47.6 Å². The van der Waals surface area contributed by atoms with E-state index in [1.807, 2.05) is 13.8 Å². The number of carbonyl (C=O) groups is 1. The van der Waals surface area contributed by atoms with E-state index in [2.05, 4.69) is 40.8 Å². The Labute approximate surface area is 248 Å². The summed E-state index contributed by atoms with van der Waals surface area (Å²) < 4.78 is 44.5. The first kappa shape index (κ1) is 29.1. The summed E-state index contributed by atoms with van der Waals surface area (Å²) in [6.45, 7) is 6.62. The summed E-state index contributed by atoms with van der Waals surface area (Å²) in [6.07, 6.45) is 6.59. The number of halogens is 1. The van der Waals surface area contributed by atoms with Gasteiger partial charge in [0.2, 0.25) is 11.9 Å². The van der Waals surface area contributed by atoms with Crippen molar-refractivity contribution in [1.29, 1.82) is 0 Å². The van der Waals surface area contributed by atoms with Crippen LogP contribution >= 0.6 is 0 Å². The zero-order valence-corrected chi connectivity index (χ0v) is 24.8. The summed E-state index contributed by atoms with van der Waals surface area (Å²) in [6, 6.07) is 5.96. The summed E-state index contributed by atoms with van der Waals surface area (Å²) >= 11 is 0. The maximum atomic E-state index is 15.0. The minimum atomic E-state index is -3.76. The van der Waals surface area contributed by atoms with E-state index in [9.17, 15) is 17.6 Å². The molecule has 2 fully saturated rings. The Balaban J connectivity index is 1.26. The molecule has 3 atom stereocenters. The number of hydrogen-bond donors (Lipinski definition) is 4. The molecular formula is C29H33FN8O4S. The van der Waals surface area contributed by atoms with Gasteiger partial charge in [-0.1, -0.05) is 13.0 Å². The Morgan fingerprint density at radius 3 is 2.67 bits per heavy atom. The van der Waals surface area contributed by atoms with Gasteiger partial charge in [0.05, 0.1) is 47.4 Å². The van der Waals surface area contributed by atoms with Gasteiger partial charge < -0.3 is 25.7 Å². The normalized spacial score (nSPS) is 19.7. The number of aromatic amines is 1. The van der Waals surface area contributed by atoms with Crippen LogP contribution in [0.15, 0.2) is 47.8 Å². The van der Waals surface area contributed by atoms with Crippen molar-refractivity contribution in [2.75, 3.05) is 43.2 Å². The third kappa shape index (κ3) is 5.83. The number of amides is 1. The van der Waals surface area contributed by atoms with E-state index < -0.39 is 20.5 Å². The average molecular weight is 609 g/mol. The van der Waals surface area contributed by atoms with Crippen LogP contribution in [0.1, 0.15) is 18.9 Å². The van der Waals surface area contributed by atoms with E-state index in [1.54, 1.807) is 24.7 Å². The molecule has 226 valence electrons. The molecule has 6 rings (SSSR count). The number of hydrogen-bond acceptors (Lipinski definition) is 10. The molecule has 2 aliphatic rings. The van der Waals surface area contributed by atoms with Crippen molar-refractivity contribution in [2.24, 2.45) is 0 Å². The van der Waals surface area contributed by atoms with Crippen LogP contribution in [0.3, 0.4) is 0 Å². The molecule has 2 bridgehead atoms. The number of rotatable bonds is 8. The van der Waals surface area contributed by atoms with E-state index in [1.165, 1.54) is 18.2 Å². The summed E-state index contributed by atoms with van der Waals surface area (Å²) in [5.74, 6) is -0.913. The highest BCUT2D eigenvalue weighted by atomic mass is 32.2. The lowest BCUT2D eigenvalue weighted by Crippen LogP contribution is -2.65. The second-order valence-electron chi connectivity index (χ2n) is 11.0. The zero-order chi connectivity index (χ0) is 30.3. The van der Waals surface area contributed by atoms with Gasteiger partial charge in [-0.3, -0.25) is 14.7 Å². The molecule has 3 aromatic heterocycles. The third-order valence-electron chi connectivity index (χ3n) is 7.81. The number of benzene rings is 1. The first-order chi connectivity index (χ1) is 20.6. The minimum absolute atomic E-state index is 0.0640. The molecule has 1 amide bonds. The van der Waals surface area contributed by atoms with Gasteiger partial charge in [0, 0.05) is 55.6 Å². The molecule has 12 nitrogen and oxygen atoms in total. The lowest BCUT2D eigenvalue weighted by Gasteiger charge is -2.44. The molecular weight excluding hydrogens is 575 g/mol. The van der Waals surface area contributed by atoms with Crippen LogP contribution in [0.4, 0.5) is 21.7 Å². The van der Waals surface area contributed by atoms with Crippen molar-refractivity contribution in [3.05, 3.63) is 54.2 Å². The van der Waals surface area contributed by atoms with Gasteiger partial charge in [0.25, 0.3) is 0 Å². The lowest BCUT2D eigenvalue weighted by molar-refractivity contribution is -0.123. The summed E-state index contributed by atoms with van der Waals surface area (Å²) in [5, 5.41) is 9.46. The van der Waals surface area contributed by atoms with E-state index in [4.69, 9.17) is 4.74 Å². The van der Waals surface area contributed by atoms with Crippen LogP contribution in [-0.4, -0.2) is 89.8 Å². The van der Waals surface area contributed by atoms with Gasteiger partial charge in [-0.15, -0.1) is 0 Å². The average Bonchev–Trinajstić information content (AvgIpc) is 3.40. The van der Waals surface area contributed by atoms with Gasteiger partial charge in [0.1, 0.15) is 4.90 Å². The quantitative estimate of drug-likeness (QED) is 0.235. The van der Waals surface area contributed by atoms with Crippen molar-refractivity contribution >= 4 is 44.1 Å². The Bertz CT molecular complexity index is 1780. The number of aromatic nitrogens is 4. The van der Waals surface area contributed by atoms with Crippen LogP contribution in [0.2, 0.25) is 0 Å². The molecule has 14 heteroatoms. The zero-order valence-electron chi connectivity index (χ0n) is 24.0. The summed E-state index contributed by atoms with van der Waals surface area (Å²) in [4.78, 5) is 32.0. The second kappa shape index (κ2) is 11.6. The van der Waals surface area contributed by atoms with Gasteiger partial charge in [0.15, 0.2) is 15.7 Å². The van der Waals surface area contributed by atoms with Crippen LogP contribution in [-0.2, 0) is 19.4 Å². The first-order valence-corrected chi connectivity index (χ1v) is 16.0. The predicted octanol–water partition coefficient (Wildman–Crippen LogP) is 3.00. The van der Waals surface area contributed by atoms with Crippen LogP contribution in [0, 0.1) is 12.7 Å². The molecule has 43 heavy (non-hydrogen) atoms. The monoisotopic (exact) mass is 608 g/mol. The number of piperazine rings is 1. The number of ether oxygens (including phenoxy) is 1. The number of nitrogens with zero attached hydrogens (tertiary/aromatic N) is 4. The van der Waals surface area contributed by atoms with E-state index in [-0.39, 0.29) is 35.7 Å². The number of aryl methyl sites for hydroxylation is 1. The maximum absolute atomic E-state index is 15.0. The number of anilines is 3. The largest absolute Gasteiger partial charge is 0.378 e. The molecule has 2 unspecified atom stereocenters. The van der Waals surface area contributed by atoms with Crippen molar-refractivity contribution in [3.63, 3.8) is 0 Å². The second-order valence-corrected chi connectivity index (χ2v) is 13.0. The smallest absolute Gasteiger partial charge is 0.241 e. The van der Waals surface area contributed by atoms with Crippen molar-refractivity contribution in [2.45, 2.75) is 43.3 Å². The van der Waals surface area contributed by atoms with Gasteiger partial charge in [-0.25, -0.2) is 22.8 Å². The molecule has 1 aromatic carbocycles. The number of fused-ring (bicyclic) bond motifs is 3. The fraction of sp³-hybridized carbons (Fsp3) is 0.379. The highest BCUT2D eigenvalue weighted by molar-refractivity contribution is 7.90. The topological polar surface area (TPSA) is 154 Å². The molecule has 2 saturated heterocycles. The molecule has 5 heterocycles. The first-order valence-electron chi connectivity index (χ1n) is 14.1.